The highest BCUT2D eigenvalue weighted by molar-refractivity contribution is 5.96. The van der Waals surface area contributed by atoms with Crippen LogP contribution >= 0.6 is 0 Å². The number of hydrogen-bond acceptors (Lipinski definition) is 6. The van der Waals surface area contributed by atoms with Crippen LogP contribution in [0, 0.1) is 6.92 Å². The van der Waals surface area contributed by atoms with E-state index in [9.17, 15) is 14.4 Å². The molecule has 34 heavy (non-hydrogen) atoms. The number of fused-ring (bicyclic) bond motifs is 3. The van der Waals surface area contributed by atoms with Gasteiger partial charge < -0.3 is 20.5 Å². The number of nitrogens with zero attached hydrogens (tertiary/aromatic N) is 2. The van der Waals surface area contributed by atoms with E-state index >= 15 is 0 Å². The van der Waals surface area contributed by atoms with Gasteiger partial charge in [0.2, 0.25) is 5.91 Å². The molecule has 0 saturated heterocycles. The largest absolute Gasteiger partial charge is 0.481 e. The van der Waals surface area contributed by atoms with Crippen LogP contribution in [-0.4, -0.2) is 45.7 Å². The zero-order chi connectivity index (χ0) is 24.1. The van der Waals surface area contributed by atoms with Gasteiger partial charge in [-0.15, -0.1) is 0 Å². The monoisotopic (exact) mass is 460 g/mol. The van der Waals surface area contributed by atoms with Crippen molar-refractivity contribution in [3.8, 4) is 11.1 Å². The van der Waals surface area contributed by atoms with E-state index in [1.165, 1.54) is 12.4 Å². The number of rotatable bonds is 8. The normalized spacial score (nSPS) is 12.9. The summed E-state index contributed by atoms with van der Waals surface area (Å²) in [6.45, 7) is 1.79. The lowest BCUT2D eigenvalue weighted by Gasteiger charge is -2.19. The summed E-state index contributed by atoms with van der Waals surface area (Å²) in [7, 11) is 0. The first-order valence-corrected chi connectivity index (χ1v) is 10.8. The smallest absolute Gasteiger partial charge is 0.407 e. The van der Waals surface area contributed by atoms with Crippen molar-refractivity contribution in [1.82, 2.24) is 15.3 Å². The van der Waals surface area contributed by atoms with Crippen molar-refractivity contribution < 1.29 is 24.2 Å². The number of carboxylic acid groups (broad SMARTS) is 1. The van der Waals surface area contributed by atoms with Gasteiger partial charge in [-0.25, -0.2) is 14.8 Å². The molecule has 2 aromatic carbocycles. The fourth-order valence-corrected chi connectivity index (χ4v) is 4.01. The Hall–Kier alpha value is -4.27. The molecule has 0 bridgehead atoms. The predicted octanol–water partition coefficient (Wildman–Crippen LogP) is 3.50. The average Bonchev–Trinajstić information content (AvgIpc) is 3.15. The molecule has 0 saturated carbocycles. The van der Waals surface area contributed by atoms with Crippen molar-refractivity contribution in [2.45, 2.75) is 31.7 Å². The molecule has 0 fully saturated rings. The fourth-order valence-electron chi connectivity index (χ4n) is 4.01. The molecule has 1 aromatic heterocycles. The number of anilines is 1. The molecule has 3 N–H and O–H groups in total. The first-order valence-electron chi connectivity index (χ1n) is 10.8. The average molecular weight is 460 g/mol. The standard InChI is InChI=1S/C25H24N4O5/c1-15-26-12-16(13-27-15)28-24(32)22(10-11-23(30)31)29-25(33)34-14-21-19-8-4-2-6-17(19)18-7-3-5-9-20(18)21/h2-9,12-13,21-22H,10-11,14H2,1H3,(H,28,32)(H,29,33)(H,30,31). The van der Waals surface area contributed by atoms with Gasteiger partial charge in [-0.05, 0) is 35.6 Å². The number of carbonyl (C=O) groups excluding carboxylic acids is 2. The lowest BCUT2D eigenvalue weighted by Crippen LogP contribution is -2.44. The quantitative estimate of drug-likeness (QED) is 0.469. The fraction of sp³-hybridized carbons (Fsp3) is 0.240. The van der Waals surface area contributed by atoms with Gasteiger partial charge in [0, 0.05) is 12.3 Å². The minimum Gasteiger partial charge on any atom is -0.481 e. The van der Waals surface area contributed by atoms with E-state index in [1.807, 2.05) is 48.5 Å². The van der Waals surface area contributed by atoms with Crippen LogP contribution in [0.1, 0.15) is 35.7 Å². The topological polar surface area (TPSA) is 131 Å². The van der Waals surface area contributed by atoms with Crippen molar-refractivity contribution in [1.29, 1.82) is 0 Å². The third-order valence-electron chi connectivity index (χ3n) is 5.65. The molecule has 1 aliphatic rings. The molecule has 0 aliphatic heterocycles. The molecule has 1 heterocycles. The number of aliphatic carboxylic acids is 1. The Bertz CT molecular complexity index is 1170. The summed E-state index contributed by atoms with van der Waals surface area (Å²) in [4.78, 5) is 44.4. The van der Waals surface area contributed by atoms with Gasteiger partial charge in [0.05, 0.1) is 18.1 Å². The lowest BCUT2D eigenvalue weighted by molar-refractivity contribution is -0.137. The Morgan fingerprint density at radius 3 is 2.18 bits per heavy atom. The third-order valence-corrected chi connectivity index (χ3v) is 5.65. The molecule has 2 amide bonds. The number of hydrogen-bond donors (Lipinski definition) is 3. The van der Waals surface area contributed by atoms with Crippen LogP contribution in [0.5, 0.6) is 0 Å². The Balaban J connectivity index is 1.42. The molecule has 3 aromatic rings. The van der Waals surface area contributed by atoms with E-state index in [1.54, 1.807) is 6.92 Å². The lowest BCUT2D eigenvalue weighted by atomic mass is 9.98. The second kappa shape index (κ2) is 10.1. The molecular formula is C25H24N4O5. The van der Waals surface area contributed by atoms with Gasteiger partial charge in [0.25, 0.3) is 0 Å². The van der Waals surface area contributed by atoms with Crippen LogP contribution in [0.25, 0.3) is 11.1 Å². The minimum atomic E-state index is -1.10. The highest BCUT2D eigenvalue weighted by atomic mass is 16.5. The van der Waals surface area contributed by atoms with Crippen LogP contribution in [0.2, 0.25) is 0 Å². The first-order chi connectivity index (χ1) is 16.4. The van der Waals surface area contributed by atoms with Crippen LogP contribution in [0.3, 0.4) is 0 Å². The van der Waals surface area contributed by atoms with Crippen LogP contribution in [0.4, 0.5) is 10.5 Å². The van der Waals surface area contributed by atoms with Gasteiger partial charge in [0.1, 0.15) is 18.5 Å². The van der Waals surface area contributed by atoms with Gasteiger partial charge in [-0.2, -0.15) is 0 Å². The maximum Gasteiger partial charge on any atom is 0.407 e. The molecule has 0 spiro atoms. The van der Waals surface area contributed by atoms with Crippen molar-refractivity contribution in [3.63, 3.8) is 0 Å². The summed E-state index contributed by atoms with van der Waals surface area (Å²) in [5.74, 6) is -1.25. The zero-order valence-corrected chi connectivity index (χ0v) is 18.5. The van der Waals surface area contributed by atoms with E-state index in [2.05, 4.69) is 20.6 Å². The number of nitrogens with one attached hydrogen (secondary N) is 2. The number of carboxylic acids is 1. The number of aromatic nitrogens is 2. The molecule has 1 atom stereocenters. The Morgan fingerprint density at radius 1 is 1.00 bits per heavy atom. The molecule has 1 unspecified atom stereocenters. The Kier molecular flexibility index (Phi) is 6.82. The highest BCUT2D eigenvalue weighted by Gasteiger charge is 2.30. The van der Waals surface area contributed by atoms with Crippen molar-refractivity contribution in [3.05, 3.63) is 77.9 Å². The molecule has 174 valence electrons. The molecule has 9 nitrogen and oxygen atoms in total. The van der Waals surface area contributed by atoms with Crippen molar-refractivity contribution >= 4 is 23.7 Å². The van der Waals surface area contributed by atoms with Gasteiger partial charge in [0.15, 0.2) is 0 Å². The SMILES string of the molecule is Cc1ncc(NC(=O)C(CCC(=O)O)NC(=O)OCC2c3ccccc3-c3ccccc32)cn1. The zero-order valence-electron chi connectivity index (χ0n) is 18.5. The molecule has 9 heteroatoms. The predicted molar refractivity (Wildman–Crippen MR) is 124 cm³/mol. The summed E-state index contributed by atoms with van der Waals surface area (Å²) in [6, 6.07) is 14.8. The number of alkyl carbamates (subject to hydrolysis) is 1. The molecule has 4 rings (SSSR count). The van der Waals surface area contributed by atoms with Gasteiger partial charge in [-0.3, -0.25) is 9.59 Å². The highest BCUT2D eigenvalue weighted by Crippen LogP contribution is 2.44. The van der Waals surface area contributed by atoms with E-state index in [-0.39, 0.29) is 25.4 Å². The minimum absolute atomic E-state index is 0.0823. The number of ether oxygens (including phenoxy) is 1. The number of amides is 2. The van der Waals surface area contributed by atoms with Gasteiger partial charge in [-0.1, -0.05) is 48.5 Å². The Morgan fingerprint density at radius 2 is 1.59 bits per heavy atom. The maximum atomic E-state index is 12.7. The Labute approximate surface area is 196 Å². The summed E-state index contributed by atoms with van der Waals surface area (Å²) in [5, 5.41) is 14.1. The first kappa shape index (κ1) is 22.9. The van der Waals surface area contributed by atoms with E-state index in [4.69, 9.17) is 9.84 Å². The molecular weight excluding hydrogens is 436 g/mol. The summed E-state index contributed by atoms with van der Waals surface area (Å²) in [6.07, 6.45) is 1.67. The van der Waals surface area contributed by atoms with Crippen LogP contribution in [0.15, 0.2) is 60.9 Å². The number of benzene rings is 2. The summed E-state index contributed by atoms with van der Waals surface area (Å²) < 4.78 is 5.49. The maximum absolute atomic E-state index is 12.7. The van der Waals surface area contributed by atoms with E-state index in [0.29, 0.717) is 11.5 Å². The van der Waals surface area contributed by atoms with Gasteiger partial charge >= 0.3 is 12.1 Å². The summed E-state index contributed by atoms with van der Waals surface area (Å²) >= 11 is 0. The van der Waals surface area contributed by atoms with E-state index < -0.39 is 24.0 Å². The van der Waals surface area contributed by atoms with E-state index in [0.717, 1.165) is 22.3 Å². The molecule has 1 aliphatic carbocycles. The van der Waals surface area contributed by atoms with Crippen LogP contribution < -0.4 is 10.6 Å². The van der Waals surface area contributed by atoms with Crippen molar-refractivity contribution in [2.24, 2.45) is 0 Å². The molecule has 0 radical (unpaired) electrons. The third kappa shape index (κ3) is 5.20. The van der Waals surface area contributed by atoms with Crippen molar-refractivity contribution in [2.75, 3.05) is 11.9 Å². The summed E-state index contributed by atoms with van der Waals surface area (Å²) in [5.41, 5.74) is 4.68. The second-order valence-corrected chi connectivity index (χ2v) is 7.96. The number of aryl methyl sites for hydroxylation is 1. The second-order valence-electron chi connectivity index (χ2n) is 7.96. The van der Waals surface area contributed by atoms with Crippen LogP contribution in [-0.2, 0) is 14.3 Å². The number of carbonyl (C=O) groups is 3.